The molecule has 0 unspecified atom stereocenters. The summed E-state index contributed by atoms with van der Waals surface area (Å²) in [6.07, 6.45) is 2.06. The molecule has 0 saturated carbocycles. The highest BCUT2D eigenvalue weighted by molar-refractivity contribution is 5.94. The third kappa shape index (κ3) is 6.13. The van der Waals surface area contributed by atoms with Crippen LogP contribution in [0.3, 0.4) is 0 Å². The highest BCUT2D eigenvalue weighted by atomic mass is 16.5. The molecule has 0 saturated heterocycles. The third-order valence-electron chi connectivity index (χ3n) is 4.79. The van der Waals surface area contributed by atoms with Gasteiger partial charge in [-0.25, -0.2) is 0 Å². The summed E-state index contributed by atoms with van der Waals surface area (Å²) in [6.45, 7) is 7.11. The zero-order chi connectivity index (χ0) is 19.9. The van der Waals surface area contributed by atoms with E-state index in [0.29, 0.717) is 30.7 Å². The quantitative estimate of drug-likeness (QED) is 0.649. The predicted molar refractivity (Wildman–Crippen MR) is 108 cm³/mol. The lowest BCUT2D eigenvalue weighted by Crippen LogP contribution is -2.15. The van der Waals surface area contributed by atoms with Gasteiger partial charge in [-0.15, -0.1) is 0 Å². The molecule has 0 aliphatic heterocycles. The summed E-state index contributed by atoms with van der Waals surface area (Å²) in [5.74, 6) is 0.231. The molecule has 0 radical (unpaired) electrons. The second kappa shape index (κ2) is 9.21. The number of nitrogens with one attached hydrogen (secondary N) is 1. The van der Waals surface area contributed by atoms with Crippen molar-refractivity contribution in [3.8, 4) is 5.75 Å². The Hall–Kier alpha value is -2.82. The lowest BCUT2D eigenvalue weighted by atomic mass is 9.82. The van der Waals surface area contributed by atoms with Crippen LogP contribution in [0.4, 0.5) is 5.69 Å². The number of amides is 2. The molecular weight excluding hydrogens is 340 g/mol. The molecule has 0 aromatic heterocycles. The topological polar surface area (TPSA) is 81.4 Å². The normalized spacial score (nSPS) is 11.1. The maximum atomic E-state index is 12.0. The van der Waals surface area contributed by atoms with Gasteiger partial charge in [0.1, 0.15) is 5.75 Å². The van der Waals surface area contributed by atoms with Crippen LogP contribution in [0.15, 0.2) is 48.5 Å². The molecule has 2 aromatic rings. The van der Waals surface area contributed by atoms with Crippen LogP contribution in [0.25, 0.3) is 0 Å². The molecule has 2 aromatic carbocycles. The fraction of sp³-hybridized carbons (Fsp3) is 0.364. The molecule has 0 fully saturated rings. The molecule has 5 nitrogen and oxygen atoms in total. The van der Waals surface area contributed by atoms with Gasteiger partial charge in [-0.1, -0.05) is 32.9 Å². The van der Waals surface area contributed by atoms with E-state index in [1.54, 1.807) is 24.3 Å². The van der Waals surface area contributed by atoms with Crippen molar-refractivity contribution in [3.63, 3.8) is 0 Å². The van der Waals surface area contributed by atoms with Gasteiger partial charge in [-0.3, -0.25) is 9.59 Å². The van der Waals surface area contributed by atoms with Crippen molar-refractivity contribution in [2.75, 3.05) is 11.9 Å². The summed E-state index contributed by atoms with van der Waals surface area (Å²) in [5, 5.41) is 2.79. The first-order valence-electron chi connectivity index (χ1n) is 9.25. The van der Waals surface area contributed by atoms with E-state index in [-0.39, 0.29) is 11.3 Å². The van der Waals surface area contributed by atoms with Crippen molar-refractivity contribution in [1.82, 2.24) is 0 Å². The highest BCUT2D eigenvalue weighted by Crippen LogP contribution is 2.28. The number of hydrogen-bond acceptors (Lipinski definition) is 3. The minimum atomic E-state index is -0.490. The molecule has 5 heteroatoms. The maximum absolute atomic E-state index is 12.0. The molecule has 0 aliphatic carbocycles. The number of carbonyl (C=O) groups excluding carboxylic acids is 2. The van der Waals surface area contributed by atoms with E-state index in [9.17, 15) is 9.59 Å². The van der Waals surface area contributed by atoms with Crippen LogP contribution >= 0.6 is 0 Å². The van der Waals surface area contributed by atoms with Crippen molar-refractivity contribution < 1.29 is 14.3 Å². The summed E-state index contributed by atoms with van der Waals surface area (Å²) in [7, 11) is 0. The van der Waals surface area contributed by atoms with E-state index in [1.165, 1.54) is 5.56 Å². The Bertz CT molecular complexity index is 765. The number of carbonyl (C=O) groups is 2. The summed E-state index contributed by atoms with van der Waals surface area (Å²) >= 11 is 0. The fourth-order valence-corrected chi connectivity index (χ4v) is 2.57. The van der Waals surface area contributed by atoms with Gasteiger partial charge >= 0.3 is 0 Å². The van der Waals surface area contributed by atoms with Crippen LogP contribution in [-0.4, -0.2) is 18.4 Å². The van der Waals surface area contributed by atoms with Crippen LogP contribution in [0, 0.1) is 0 Å². The second-order valence-corrected chi connectivity index (χ2v) is 7.20. The van der Waals surface area contributed by atoms with E-state index < -0.39 is 5.91 Å². The summed E-state index contributed by atoms with van der Waals surface area (Å²) in [6, 6.07) is 14.7. The summed E-state index contributed by atoms with van der Waals surface area (Å²) < 4.78 is 5.72. The molecule has 0 bridgehead atoms. The van der Waals surface area contributed by atoms with Gasteiger partial charge in [0.2, 0.25) is 11.8 Å². The molecule has 0 heterocycles. The molecule has 3 N–H and O–H groups in total. The number of benzene rings is 2. The van der Waals surface area contributed by atoms with Crippen molar-refractivity contribution in [1.29, 1.82) is 0 Å². The zero-order valence-electron chi connectivity index (χ0n) is 16.2. The van der Waals surface area contributed by atoms with Gasteiger partial charge in [-0.2, -0.15) is 0 Å². The Morgan fingerprint density at radius 1 is 1.04 bits per heavy atom. The molecule has 27 heavy (non-hydrogen) atoms. The number of rotatable bonds is 9. The molecular formula is C22H28N2O3. The first-order chi connectivity index (χ1) is 12.8. The zero-order valence-corrected chi connectivity index (χ0v) is 16.2. The van der Waals surface area contributed by atoms with E-state index in [1.807, 2.05) is 12.1 Å². The SMILES string of the molecule is CCC(C)(C)c1ccc(OCCCC(=O)Nc2ccc(C(N)=O)cc2)cc1. The van der Waals surface area contributed by atoms with Gasteiger partial charge < -0.3 is 15.8 Å². The van der Waals surface area contributed by atoms with Crippen LogP contribution in [0.1, 0.15) is 56.0 Å². The van der Waals surface area contributed by atoms with Crippen LogP contribution in [0.5, 0.6) is 5.75 Å². The molecule has 144 valence electrons. The third-order valence-corrected chi connectivity index (χ3v) is 4.79. The van der Waals surface area contributed by atoms with Gasteiger partial charge in [0.25, 0.3) is 0 Å². The average molecular weight is 368 g/mol. The first-order valence-corrected chi connectivity index (χ1v) is 9.25. The lowest BCUT2D eigenvalue weighted by molar-refractivity contribution is -0.116. The first kappa shape index (κ1) is 20.5. The van der Waals surface area contributed by atoms with Gasteiger partial charge in [0.05, 0.1) is 6.61 Å². The summed E-state index contributed by atoms with van der Waals surface area (Å²) in [4.78, 5) is 23.0. The second-order valence-electron chi connectivity index (χ2n) is 7.20. The van der Waals surface area contributed by atoms with Gasteiger partial charge in [0.15, 0.2) is 0 Å². The number of nitrogens with two attached hydrogens (primary N) is 1. The van der Waals surface area contributed by atoms with Crippen molar-refractivity contribution in [2.24, 2.45) is 5.73 Å². The van der Waals surface area contributed by atoms with Crippen LogP contribution < -0.4 is 15.8 Å². The molecule has 0 aliphatic rings. The number of ether oxygens (including phenoxy) is 1. The van der Waals surface area contributed by atoms with Gasteiger partial charge in [-0.05, 0) is 60.2 Å². The average Bonchev–Trinajstić information content (AvgIpc) is 2.66. The standard InChI is InChI=1S/C22H28N2O3/c1-4-22(2,3)17-9-13-19(14-10-17)27-15-5-6-20(25)24-18-11-7-16(8-12-18)21(23)26/h7-14H,4-6,15H2,1-3H3,(H2,23,26)(H,24,25). The van der Waals surface area contributed by atoms with E-state index in [0.717, 1.165) is 12.2 Å². The molecule has 2 rings (SSSR count). The Morgan fingerprint density at radius 2 is 1.67 bits per heavy atom. The Balaban J connectivity index is 1.73. The highest BCUT2D eigenvalue weighted by Gasteiger charge is 2.17. The number of hydrogen-bond donors (Lipinski definition) is 2. The van der Waals surface area contributed by atoms with E-state index in [4.69, 9.17) is 10.5 Å². The Morgan fingerprint density at radius 3 is 2.22 bits per heavy atom. The van der Waals surface area contributed by atoms with Crippen molar-refractivity contribution >= 4 is 17.5 Å². The van der Waals surface area contributed by atoms with E-state index in [2.05, 4.69) is 38.2 Å². The minimum Gasteiger partial charge on any atom is -0.494 e. The largest absolute Gasteiger partial charge is 0.494 e. The van der Waals surface area contributed by atoms with E-state index >= 15 is 0 Å². The number of anilines is 1. The summed E-state index contributed by atoms with van der Waals surface area (Å²) in [5.41, 5.74) is 7.69. The molecule has 0 atom stereocenters. The molecule has 0 spiro atoms. The maximum Gasteiger partial charge on any atom is 0.248 e. The monoisotopic (exact) mass is 368 g/mol. The fourth-order valence-electron chi connectivity index (χ4n) is 2.57. The Labute approximate surface area is 160 Å². The van der Waals surface area contributed by atoms with Crippen molar-refractivity contribution in [2.45, 2.75) is 45.4 Å². The van der Waals surface area contributed by atoms with Gasteiger partial charge in [0, 0.05) is 17.7 Å². The lowest BCUT2D eigenvalue weighted by Gasteiger charge is -2.23. The van der Waals surface area contributed by atoms with Crippen LogP contribution in [-0.2, 0) is 10.2 Å². The predicted octanol–water partition coefficient (Wildman–Crippen LogP) is 4.27. The van der Waals surface area contributed by atoms with Crippen molar-refractivity contribution in [3.05, 3.63) is 59.7 Å². The van der Waals surface area contributed by atoms with Crippen LogP contribution in [0.2, 0.25) is 0 Å². The Kier molecular flexibility index (Phi) is 6.99. The minimum absolute atomic E-state index is 0.0922. The molecule has 2 amide bonds. The number of primary amides is 1. The smallest absolute Gasteiger partial charge is 0.248 e.